The Kier molecular flexibility index (Phi) is 4.46. The van der Waals surface area contributed by atoms with Gasteiger partial charge in [-0.1, -0.05) is 11.8 Å². The molecule has 3 aromatic rings. The lowest BCUT2D eigenvalue weighted by Crippen LogP contribution is -2.29. The van der Waals surface area contributed by atoms with E-state index >= 15 is 0 Å². The Bertz CT molecular complexity index is 1210. The average Bonchev–Trinajstić information content (AvgIpc) is 2.81. The molecule has 0 saturated heterocycles. The van der Waals surface area contributed by atoms with E-state index in [0.29, 0.717) is 27.9 Å². The summed E-state index contributed by atoms with van der Waals surface area (Å²) in [5.41, 5.74) is 1.12. The van der Waals surface area contributed by atoms with Crippen molar-refractivity contribution in [2.45, 2.75) is 31.6 Å². The van der Waals surface area contributed by atoms with Crippen LogP contribution in [0.15, 0.2) is 41.2 Å². The summed E-state index contributed by atoms with van der Waals surface area (Å²) >= 11 is 0. The van der Waals surface area contributed by atoms with E-state index in [1.165, 1.54) is 10.6 Å². The molecule has 0 spiro atoms. The van der Waals surface area contributed by atoms with Crippen LogP contribution in [0, 0.1) is 23.5 Å². The van der Waals surface area contributed by atoms with E-state index < -0.39 is 17.4 Å². The molecule has 0 saturated carbocycles. The molecule has 142 valence electrons. The molecule has 2 N–H and O–H groups in total. The topological polar surface area (TPSA) is 75.4 Å². The second kappa shape index (κ2) is 6.82. The minimum Gasteiger partial charge on any atom is -0.366 e. The summed E-state index contributed by atoms with van der Waals surface area (Å²) in [5.74, 6) is 2.40. The van der Waals surface area contributed by atoms with Crippen molar-refractivity contribution in [3.8, 4) is 11.8 Å². The van der Waals surface area contributed by atoms with E-state index in [0.717, 1.165) is 12.1 Å². The predicted molar refractivity (Wildman–Crippen MR) is 98.4 cm³/mol. The molecule has 7 heteroatoms. The number of hydrogen-bond donors (Lipinski definition) is 2. The van der Waals surface area contributed by atoms with Crippen LogP contribution in [-0.2, 0) is 13.0 Å². The number of fused-ring (bicyclic) bond motifs is 2. The Morgan fingerprint density at radius 3 is 2.46 bits per heavy atom. The summed E-state index contributed by atoms with van der Waals surface area (Å²) in [6, 6.07) is 8.34. The maximum absolute atomic E-state index is 13.3. The van der Waals surface area contributed by atoms with E-state index in [9.17, 15) is 23.8 Å². The molecule has 28 heavy (non-hydrogen) atoms. The minimum atomic E-state index is -1.81. The van der Waals surface area contributed by atoms with E-state index in [4.69, 9.17) is 0 Å². The lowest BCUT2D eigenvalue weighted by molar-refractivity contribution is -0.169. The van der Waals surface area contributed by atoms with E-state index in [-0.39, 0.29) is 31.4 Å². The van der Waals surface area contributed by atoms with Crippen molar-refractivity contribution in [2.24, 2.45) is 0 Å². The van der Waals surface area contributed by atoms with Gasteiger partial charge < -0.3 is 10.2 Å². The van der Waals surface area contributed by atoms with Gasteiger partial charge >= 0.3 is 0 Å². The quantitative estimate of drug-likeness (QED) is 0.461. The van der Waals surface area contributed by atoms with Crippen LogP contribution in [0.1, 0.15) is 29.8 Å². The van der Waals surface area contributed by atoms with Crippen LogP contribution in [0.5, 0.6) is 0 Å². The molecule has 4 rings (SSSR count). The number of benzene rings is 2. The number of rotatable bonds is 0. The second-order valence-corrected chi connectivity index (χ2v) is 6.83. The number of halogens is 2. The van der Waals surface area contributed by atoms with Gasteiger partial charge in [-0.2, -0.15) is 0 Å². The van der Waals surface area contributed by atoms with E-state index in [1.54, 1.807) is 18.2 Å². The second-order valence-electron chi connectivity index (χ2n) is 6.83. The van der Waals surface area contributed by atoms with Gasteiger partial charge in [0.1, 0.15) is 5.82 Å². The molecule has 1 aliphatic heterocycles. The Hall–Kier alpha value is -3.08. The van der Waals surface area contributed by atoms with Gasteiger partial charge in [0.25, 0.3) is 5.56 Å². The Morgan fingerprint density at radius 1 is 1.00 bits per heavy atom. The van der Waals surface area contributed by atoms with Gasteiger partial charge in [-0.3, -0.25) is 9.36 Å². The number of hydrogen-bond acceptors (Lipinski definition) is 4. The monoisotopic (exact) mass is 382 g/mol. The van der Waals surface area contributed by atoms with Crippen molar-refractivity contribution in [3.63, 3.8) is 0 Å². The fourth-order valence-electron chi connectivity index (χ4n) is 3.21. The lowest BCUT2D eigenvalue weighted by atomic mass is 10.1. The first kappa shape index (κ1) is 18.3. The highest BCUT2D eigenvalue weighted by Gasteiger charge is 2.28. The van der Waals surface area contributed by atoms with Crippen LogP contribution in [0.2, 0.25) is 0 Å². The zero-order valence-corrected chi connectivity index (χ0v) is 14.7. The number of nitrogens with zero attached hydrogens (tertiary/aromatic N) is 2. The molecule has 2 aromatic carbocycles. The first-order valence-electron chi connectivity index (χ1n) is 8.78. The van der Waals surface area contributed by atoms with Crippen molar-refractivity contribution < 1.29 is 19.0 Å². The van der Waals surface area contributed by atoms with E-state index in [1.807, 2.05) is 0 Å². The van der Waals surface area contributed by atoms with Gasteiger partial charge in [0.2, 0.25) is 0 Å². The first-order valence-corrected chi connectivity index (χ1v) is 8.78. The molecule has 0 unspecified atom stereocenters. The smallest absolute Gasteiger partial charge is 0.261 e. The molecular weight excluding hydrogens is 366 g/mol. The van der Waals surface area contributed by atoms with Crippen LogP contribution in [-0.4, -0.2) is 25.6 Å². The van der Waals surface area contributed by atoms with Crippen molar-refractivity contribution in [1.82, 2.24) is 9.55 Å². The third-order valence-corrected chi connectivity index (χ3v) is 4.79. The maximum atomic E-state index is 13.3. The highest BCUT2D eigenvalue weighted by atomic mass is 19.2. The van der Waals surface area contributed by atoms with Crippen LogP contribution in [0.4, 0.5) is 8.78 Å². The van der Waals surface area contributed by atoms with Crippen molar-refractivity contribution in [3.05, 3.63) is 75.3 Å². The van der Waals surface area contributed by atoms with Crippen LogP contribution < -0.4 is 5.56 Å². The molecule has 5 nitrogen and oxygen atoms in total. The molecule has 0 radical (unpaired) electrons. The highest BCUT2D eigenvalue weighted by molar-refractivity contribution is 5.79. The lowest BCUT2D eigenvalue weighted by Gasteiger charge is -2.17. The SMILES string of the molecule is O=c1c2ccc(C#Cc3ccc(F)c(F)c3)cc2nc2n1CCC(O)(O)CC2. The van der Waals surface area contributed by atoms with Gasteiger partial charge in [0.15, 0.2) is 17.4 Å². The standard InChI is InChI=1S/C21H16F2N2O3/c22-16-6-4-13(11-17(16)23)1-2-14-3-5-15-18(12-14)24-19-7-8-21(27,28)9-10-25(19)20(15)26/h3-6,11-12,27-28H,7-10H2. The zero-order chi connectivity index (χ0) is 19.9. The molecule has 1 aliphatic rings. The molecule has 0 atom stereocenters. The Morgan fingerprint density at radius 2 is 1.71 bits per heavy atom. The number of aliphatic hydroxyl groups is 2. The first-order chi connectivity index (χ1) is 13.3. The van der Waals surface area contributed by atoms with Gasteiger partial charge in [0, 0.05) is 36.9 Å². The maximum Gasteiger partial charge on any atom is 0.261 e. The number of aromatic nitrogens is 2. The molecule has 2 heterocycles. The summed E-state index contributed by atoms with van der Waals surface area (Å²) in [7, 11) is 0. The summed E-state index contributed by atoms with van der Waals surface area (Å²) in [6.07, 6.45) is 0.425. The third-order valence-electron chi connectivity index (χ3n) is 4.79. The summed E-state index contributed by atoms with van der Waals surface area (Å²) in [4.78, 5) is 17.3. The Balaban J connectivity index is 1.73. The predicted octanol–water partition coefficient (Wildman–Crippen LogP) is 2.09. The van der Waals surface area contributed by atoms with Gasteiger partial charge in [-0.15, -0.1) is 0 Å². The van der Waals surface area contributed by atoms with Gasteiger partial charge in [-0.25, -0.2) is 13.8 Å². The molecule has 0 amide bonds. The van der Waals surface area contributed by atoms with Crippen LogP contribution >= 0.6 is 0 Å². The van der Waals surface area contributed by atoms with E-state index in [2.05, 4.69) is 16.8 Å². The van der Waals surface area contributed by atoms with Crippen molar-refractivity contribution in [2.75, 3.05) is 0 Å². The molecule has 0 aliphatic carbocycles. The fraction of sp³-hybridized carbons (Fsp3) is 0.238. The van der Waals surface area contributed by atoms with Gasteiger partial charge in [-0.05, 0) is 36.4 Å². The average molecular weight is 382 g/mol. The van der Waals surface area contributed by atoms with Crippen molar-refractivity contribution in [1.29, 1.82) is 0 Å². The number of aryl methyl sites for hydroxylation is 1. The normalized spacial score (nSPS) is 15.4. The highest BCUT2D eigenvalue weighted by Crippen LogP contribution is 2.21. The van der Waals surface area contributed by atoms with Gasteiger partial charge in [0.05, 0.1) is 10.9 Å². The Labute approximate surface area is 158 Å². The summed E-state index contributed by atoms with van der Waals surface area (Å²) in [5, 5.41) is 20.1. The molecule has 1 aromatic heterocycles. The molecular formula is C21H16F2N2O3. The molecule has 0 bridgehead atoms. The minimum absolute atomic E-state index is 0.0604. The third kappa shape index (κ3) is 3.52. The van der Waals surface area contributed by atoms with Crippen LogP contribution in [0.25, 0.3) is 10.9 Å². The molecule has 0 fully saturated rings. The fourth-order valence-corrected chi connectivity index (χ4v) is 3.21. The largest absolute Gasteiger partial charge is 0.366 e. The van der Waals surface area contributed by atoms with Crippen molar-refractivity contribution >= 4 is 10.9 Å². The zero-order valence-electron chi connectivity index (χ0n) is 14.7. The summed E-state index contributed by atoms with van der Waals surface area (Å²) in [6.45, 7) is 0.182. The van der Waals surface area contributed by atoms with Crippen LogP contribution in [0.3, 0.4) is 0 Å². The summed E-state index contributed by atoms with van der Waals surface area (Å²) < 4.78 is 27.8.